The van der Waals surface area contributed by atoms with Crippen molar-refractivity contribution in [2.45, 2.75) is 13.3 Å². The first-order valence-electron chi connectivity index (χ1n) is 6.39. The number of aromatic nitrogens is 6. The van der Waals surface area contributed by atoms with Crippen LogP contribution in [0.3, 0.4) is 0 Å². The molecule has 0 aliphatic rings. The smallest absolute Gasteiger partial charge is 0.177 e. The Labute approximate surface area is 114 Å². The molecule has 0 saturated heterocycles. The zero-order valence-corrected chi connectivity index (χ0v) is 10.9. The number of hydrogen-bond donors (Lipinski definition) is 2. The highest BCUT2D eigenvalue weighted by molar-refractivity contribution is 5.72. The van der Waals surface area contributed by atoms with E-state index in [0.717, 1.165) is 39.5 Å². The van der Waals surface area contributed by atoms with Crippen LogP contribution in [0, 0.1) is 6.92 Å². The van der Waals surface area contributed by atoms with Crippen LogP contribution in [0.2, 0.25) is 0 Å². The highest BCUT2D eigenvalue weighted by Crippen LogP contribution is 2.14. The summed E-state index contributed by atoms with van der Waals surface area (Å²) in [5, 5.41) is 0. The predicted molar refractivity (Wildman–Crippen MR) is 75.3 cm³/mol. The van der Waals surface area contributed by atoms with Gasteiger partial charge in [0.15, 0.2) is 11.3 Å². The van der Waals surface area contributed by atoms with Gasteiger partial charge in [-0.05, 0) is 30.7 Å². The molecule has 0 spiro atoms. The third-order valence-electron chi connectivity index (χ3n) is 3.19. The van der Waals surface area contributed by atoms with Gasteiger partial charge in [-0.2, -0.15) is 0 Å². The van der Waals surface area contributed by atoms with E-state index in [1.54, 1.807) is 6.20 Å². The van der Waals surface area contributed by atoms with E-state index in [-0.39, 0.29) is 0 Å². The average Bonchev–Trinajstić information content (AvgIpc) is 2.99. The molecular formula is C14H12N6. The molecule has 4 rings (SSSR count). The summed E-state index contributed by atoms with van der Waals surface area (Å²) in [6, 6.07) is 5.92. The zero-order chi connectivity index (χ0) is 13.5. The van der Waals surface area contributed by atoms with Crippen molar-refractivity contribution in [3.63, 3.8) is 0 Å². The van der Waals surface area contributed by atoms with Crippen molar-refractivity contribution < 1.29 is 0 Å². The molecule has 0 aliphatic carbocycles. The monoisotopic (exact) mass is 264 g/mol. The van der Waals surface area contributed by atoms with E-state index in [1.165, 1.54) is 0 Å². The third kappa shape index (κ3) is 1.82. The Morgan fingerprint density at radius 3 is 2.85 bits per heavy atom. The number of aromatic amines is 2. The molecule has 6 heteroatoms. The number of nitrogens with one attached hydrogen (secondary N) is 2. The standard InChI is InChI=1S/C14H12N6/c1-8-17-11-5-9(7-16-14(11)18-8)6-12-19-10-3-2-4-15-13(10)20-12/h2-5,7H,6H2,1H3,(H,15,19,20)(H,16,17,18). The largest absolute Gasteiger partial charge is 0.341 e. The van der Waals surface area contributed by atoms with Crippen LogP contribution in [-0.4, -0.2) is 29.9 Å². The van der Waals surface area contributed by atoms with Gasteiger partial charge >= 0.3 is 0 Å². The lowest BCUT2D eigenvalue weighted by Crippen LogP contribution is -1.92. The van der Waals surface area contributed by atoms with Gasteiger partial charge < -0.3 is 9.97 Å². The van der Waals surface area contributed by atoms with Gasteiger partial charge in [0, 0.05) is 18.8 Å². The maximum atomic E-state index is 4.47. The first-order chi connectivity index (χ1) is 9.78. The van der Waals surface area contributed by atoms with Crippen LogP contribution in [0.15, 0.2) is 30.6 Å². The zero-order valence-electron chi connectivity index (χ0n) is 10.9. The summed E-state index contributed by atoms with van der Waals surface area (Å²) in [4.78, 5) is 23.8. The summed E-state index contributed by atoms with van der Waals surface area (Å²) in [5.41, 5.74) is 4.48. The predicted octanol–water partition coefficient (Wildman–Crippen LogP) is 2.13. The molecule has 4 aromatic rings. The van der Waals surface area contributed by atoms with Gasteiger partial charge in [0.25, 0.3) is 0 Å². The van der Waals surface area contributed by atoms with Gasteiger partial charge in [0.1, 0.15) is 11.6 Å². The lowest BCUT2D eigenvalue weighted by molar-refractivity contribution is 1.03. The summed E-state index contributed by atoms with van der Waals surface area (Å²) in [6.07, 6.45) is 4.27. The Kier molecular flexibility index (Phi) is 2.29. The van der Waals surface area contributed by atoms with Crippen LogP contribution in [0.25, 0.3) is 22.3 Å². The number of nitrogens with zero attached hydrogens (tertiary/aromatic N) is 4. The Hall–Kier alpha value is -2.76. The molecule has 0 atom stereocenters. The number of rotatable bonds is 2. The van der Waals surface area contributed by atoms with E-state index in [2.05, 4.69) is 36.0 Å². The molecule has 98 valence electrons. The Morgan fingerprint density at radius 2 is 1.95 bits per heavy atom. The minimum Gasteiger partial charge on any atom is -0.341 e. The maximum Gasteiger partial charge on any atom is 0.177 e. The molecule has 2 N–H and O–H groups in total. The second-order valence-electron chi connectivity index (χ2n) is 4.77. The molecule has 0 unspecified atom stereocenters. The number of hydrogen-bond acceptors (Lipinski definition) is 4. The molecule has 0 radical (unpaired) electrons. The molecule has 4 aromatic heterocycles. The Balaban J connectivity index is 1.72. The van der Waals surface area contributed by atoms with E-state index >= 15 is 0 Å². The van der Waals surface area contributed by atoms with Gasteiger partial charge in [-0.25, -0.2) is 19.9 Å². The van der Waals surface area contributed by atoms with Gasteiger partial charge in [0.05, 0.1) is 11.0 Å². The lowest BCUT2D eigenvalue weighted by Gasteiger charge is -1.97. The van der Waals surface area contributed by atoms with E-state index in [1.807, 2.05) is 25.3 Å². The molecule has 6 nitrogen and oxygen atoms in total. The summed E-state index contributed by atoms with van der Waals surface area (Å²) in [5.74, 6) is 1.76. The van der Waals surface area contributed by atoms with Crippen molar-refractivity contribution in [2.75, 3.05) is 0 Å². The van der Waals surface area contributed by atoms with E-state index < -0.39 is 0 Å². The van der Waals surface area contributed by atoms with Crippen LogP contribution in [-0.2, 0) is 6.42 Å². The van der Waals surface area contributed by atoms with Crippen molar-refractivity contribution >= 4 is 22.3 Å². The molecule has 0 fully saturated rings. The van der Waals surface area contributed by atoms with Crippen molar-refractivity contribution in [1.29, 1.82) is 0 Å². The SMILES string of the molecule is Cc1nc2ncc(Cc3nc4ncccc4[nH]3)cc2[nH]1. The van der Waals surface area contributed by atoms with Gasteiger partial charge in [0.2, 0.25) is 0 Å². The number of H-pyrrole nitrogens is 2. The summed E-state index contributed by atoms with van der Waals surface area (Å²) in [7, 11) is 0. The van der Waals surface area contributed by atoms with Crippen LogP contribution in [0.5, 0.6) is 0 Å². The van der Waals surface area contributed by atoms with Crippen molar-refractivity contribution in [1.82, 2.24) is 29.9 Å². The molecule has 20 heavy (non-hydrogen) atoms. The number of pyridine rings is 2. The first kappa shape index (κ1) is 11.1. The number of imidazole rings is 2. The second kappa shape index (κ2) is 4.12. The molecule has 0 aliphatic heterocycles. The minimum atomic E-state index is 0.692. The number of aryl methyl sites for hydroxylation is 1. The van der Waals surface area contributed by atoms with Crippen LogP contribution in [0.4, 0.5) is 0 Å². The second-order valence-corrected chi connectivity index (χ2v) is 4.77. The van der Waals surface area contributed by atoms with E-state index in [9.17, 15) is 0 Å². The molecule has 4 heterocycles. The fourth-order valence-corrected chi connectivity index (χ4v) is 2.33. The Bertz CT molecular complexity index is 871. The van der Waals surface area contributed by atoms with Crippen molar-refractivity contribution in [3.8, 4) is 0 Å². The van der Waals surface area contributed by atoms with Crippen LogP contribution >= 0.6 is 0 Å². The third-order valence-corrected chi connectivity index (χ3v) is 3.19. The summed E-state index contributed by atoms with van der Waals surface area (Å²) >= 11 is 0. The fourth-order valence-electron chi connectivity index (χ4n) is 2.33. The Morgan fingerprint density at radius 1 is 1.05 bits per heavy atom. The highest BCUT2D eigenvalue weighted by atomic mass is 15.0. The molecular weight excluding hydrogens is 252 g/mol. The average molecular weight is 264 g/mol. The van der Waals surface area contributed by atoms with Crippen molar-refractivity contribution in [3.05, 3.63) is 47.8 Å². The fraction of sp³-hybridized carbons (Fsp3) is 0.143. The summed E-state index contributed by atoms with van der Waals surface area (Å²) < 4.78 is 0. The highest BCUT2D eigenvalue weighted by Gasteiger charge is 2.07. The van der Waals surface area contributed by atoms with Gasteiger partial charge in [-0.15, -0.1) is 0 Å². The van der Waals surface area contributed by atoms with Crippen LogP contribution in [0.1, 0.15) is 17.2 Å². The van der Waals surface area contributed by atoms with Crippen LogP contribution < -0.4 is 0 Å². The minimum absolute atomic E-state index is 0.692. The maximum absolute atomic E-state index is 4.47. The van der Waals surface area contributed by atoms with E-state index in [0.29, 0.717) is 6.42 Å². The lowest BCUT2D eigenvalue weighted by atomic mass is 10.2. The van der Waals surface area contributed by atoms with Crippen molar-refractivity contribution in [2.24, 2.45) is 0 Å². The topological polar surface area (TPSA) is 83.1 Å². The molecule has 0 bridgehead atoms. The normalized spacial score (nSPS) is 11.4. The summed E-state index contributed by atoms with van der Waals surface area (Å²) in [6.45, 7) is 1.92. The quantitative estimate of drug-likeness (QED) is 0.581. The van der Waals surface area contributed by atoms with Gasteiger partial charge in [-0.1, -0.05) is 0 Å². The molecule has 0 aromatic carbocycles. The van der Waals surface area contributed by atoms with Gasteiger partial charge in [-0.3, -0.25) is 0 Å². The number of fused-ring (bicyclic) bond motifs is 2. The first-order valence-corrected chi connectivity index (χ1v) is 6.39. The van der Waals surface area contributed by atoms with E-state index in [4.69, 9.17) is 0 Å². The molecule has 0 amide bonds. The molecule has 0 saturated carbocycles.